The molecule has 0 saturated carbocycles. The largest absolute Gasteiger partial charge is 0.353 e. The van der Waals surface area contributed by atoms with E-state index < -0.39 is 0 Å². The molecule has 1 aromatic heterocycles. The van der Waals surface area contributed by atoms with Gasteiger partial charge in [0.15, 0.2) is 0 Å². The average molecular weight is 444 g/mol. The van der Waals surface area contributed by atoms with Crippen molar-refractivity contribution in [2.24, 2.45) is 11.8 Å². The number of halogens is 1. The lowest BCUT2D eigenvalue weighted by molar-refractivity contribution is -0.127. The zero-order chi connectivity index (χ0) is 22.4. The van der Waals surface area contributed by atoms with Crippen LogP contribution < -0.4 is 5.32 Å². The van der Waals surface area contributed by atoms with Gasteiger partial charge in [0, 0.05) is 37.0 Å². The number of pyridine rings is 1. The first-order valence-corrected chi connectivity index (χ1v) is 11.8. The lowest BCUT2D eigenvalue weighted by atomic mass is 9.94. The number of aromatic nitrogens is 1. The number of nitrogens with one attached hydrogen (secondary N) is 1. The van der Waals surface area contributed by atoms with E-state index in [9.17, 15) is 14.0 Å². The van der Waals surface area contributed by atoms with Crippen molar-refractivity contribution in [3.8, 4) is 0 Å². The molecule has 2 heterocycles. The van der Waals surface area contributed by atoms with Gasteiger partial charge in [-0.15, -0.1) is 11.8 Å². The van der Waals surface area contributed by atoms with Crippen LogP contribution in [0.3, 0.4) is 0 Å². The van der Waals surface area contributed by atoms with E-state index in [2.05, 4.69) is 24.1 Å². The molecule has 31 heavy (non-hydrogen) atoms. The predicted octanol–water partition coefficient (Wildman–Crippen LogP) is 4.53. The lowest BCUT2D eigenvalue weighted by Gasteiger charge is -2.32. The van der Waals surface area contributed by atoms with Crippen molar-refractivity contribution in [3.63, 3.8) is 0 Å². The number of carbonyl (C=O) groups is 2. The summed E-state index contributed by atoms with van der Waals surface area (Å²) in [6.45, 7) is 7.32. The van der Waals surface area contributed by atoms with Gasteiger partial charge in [-0.3, -0.25) is 9.59 Å². The number of carbonyl (C=O) groups excluding carboxylic acids is 2. The van der Waals surface area contributed by atoms with Crippen LogP contribution in [-0.4, -0.2) is 40.8 Å². The molecule has 3 rings (SSSR count). The van der Waals surface area contributed by atoms with Gasteiger partial charge in [-0.1, -0.05) is 26.0 Å². The number of hydrogen-bond acceptors (Lipinski definition) is 4. The minimum atomic E-state index is -0.266. The van der Waals surface area contributed by atoms with Crippen LogP contribution >= 0.6 is 11.8 Å². The van der Waals surface area contributed by atoms with Crippen LogP contribution in [0.15, 0.2) is 47.6 Å². The molecule has 1 atom stereocenters. The van der Waals surface area contributed by atoms with Crippen LogP contribution in [0.5, 0.6) is 0 Å². The first-order chi connectivity index (χ1) is 14.8. The van der Waals surface area contributed by atoms with Gasteiger partial charge in [-0.05, 0) is 55.5 Å². The molecule has 1 N–H and O–H groups in total. The highest BCUT2D eigenvalue weighted by molar-refractivity contribution is 7.98. The number of amides is 2. The van der Waals surface area contributed by atoms with Crippen LogP contribution in [0.2, 0.25) is 0 Å². The van der Waals surface area contributed by atoms with Gasteiger partial charge in [0.2, 0.25) is 5.91 Å². The molecular formula is C24H30FN3O2S. The van der Waals surface area contributed by atoms with Crippen molar-refractivity contribution < 1.29 is 14.0 Å². The minimum Gasteiger partial charge on any atom is -0.353 e. The molecule has 0 bridgehead atoms. The second-order valence-corrected chi connectivity index (χ2v) is 9.34. The number of piperidine rings is 1. The summed E-state index contributed by atoms with van der Waals surface area (Å²) in [7, 11) is 0. The molecule has 166 valence electrons. The highest BCUT2D eigenvalue weighted by Gasteiger charge is 2.29. The highest BCUT2D eigenvalue weighted by Crippen LogP contribution is 2.27. The Labute approximate surface area is 187 Å². The summed E-state index contributed by atoms with van der Waals surface area (Å²) in [6.07, 6.45) is 3.01. The number of likely N-dealkylation sites (tertiary alicyclic amines) is 1. The van der Waals surface area contributed by atoms with E-state index in [1.165, 1.54) is 23.9 Å². The Balaban J connectivity index is 1.58. The summed E-state index contributed by atoms with van der Waals surface area (Å²) >= 11 is 1.47. The van der Waals surface area contributed by atoms with E-state index in [1.807, 2.05) is 11.8 Å². The molecule has 5 nitrogen and oxygen atoms in total. The van der Waals surface area contributed by atoms with Gasteiger partial charge in [0.05, 0.1) is 5.56 Å². The Hall–Kier alpha value is -2.41. The number of nitrogens with zero attached hydrogens (tertiary/aromatic N) is 2. The van der Waals surface area contributed by atoms with E-state index in [-0.39, 0.29) is 29.6 Å². The average Bonchev–Trinajstić information content (AvgIpc) is 2.78. The van der Waals surface area contributed by atoms with Crippen molar-refractivity contribution in [2.45, 2.75) is 50.4 Å². The maximum Gasteiger partial charge on any atom is 0.256 e. The summed E-state index contributed by atoms with van der Waals surface area (Å²) in [4.78, 5) is 31.9. The van der Waals surface area contributed by atoms with Gasteiger partial charge in [0.1, 0.15) is 10.8 Å². The predicted molar refractivity (Wildman–Crippen MR) is 121 cm³/mol. The molecule has 1 aliphatic heterocycles. The molecule has 0 aliphatic carbocycles. The fourth-order valence-electron chi connectivity index (χ4n) is 3.42. The number of benzene rings is 1. The van der Waals surface area contributed by atoms with Crippen LogP contribution in [-0.2, 0) is 10.5 Å². The quantitative estimate of drug-likeness (QED) is 0.639. The first kappa shape index (κ1) is 23.3. The Kier molecular flexibility index (Phi) is 8.07. The molecule has 2 amide bonds. The molecule has 1 aromatic carbocycles. The van der Waals surface area contributed by atoms with Gasteiger partial charge in [0.25, 0.3) is 5.91 Å². The van der Waals surface area contributed by atoms with E-state index in [1.54, 1.807) is 30.5 Å². The molecule has 1 fully saturated rings. The third kappa shape index (κ3) is 6.29. The monoisotopic (exact) mass is 443 g/mol. The van der Waals surface area contributed by atoms with Gasteiger partial charge < -0.3 is 10.2 Å². The third-order valence-corrected chi connectivity index (χ3v) is 6.89. The molecule has 0 radical (unpaired) electrons. The van der Waals surface area contributed by atoms with Crippen LogP contribution in [0.25, 0.3) is 0 Å². The molecule has 1 saturated heterocycles. The standard InChI is InChI=1S/C24H30FN3O2S/c1-16(2)17(3)27-22(29)19-10-13-28(14-11-19)24(30)21-5-4-12-26-23(21)31-15-18-6-8-20(25)9-7-18/h4-9,12,16-17,19H,10-11,13-15H2,1-3H3,(H,27,29). The van der Waals surface area contributed by atoms with Gasteiger partial charge in [-0.2, -0.15) is 0 Å². The molecule has 0 spiro atoms. The van der Waals surface area contributed by atoms with Crippen molar-refractivity contribution in [1.82, 2.24) is 15.2 Å². The van der Waals surface area contributed by atoms with Crippen LogP contribution in [0.1, 0.15) is 49.5 Å². The van der Waals surface area contributed by atoms with Crippen LogP contribution in [0.4, 0.5) is 4.39 Å². The summed E-state index contributed by atoms with van der Waals surface area (Å²) in [6, 6.07) is 10.0. The van der Waals surface area contributed by atoms with Gasteiger partial charge >= 0.3 is 0 Å². The maximum absolute atomic E-state index is 13.1. The summed E-state index contributed by atoms with van der Waals surface area (Å²) in [5.41, 5.74) is 1.55. The Bertz CT molecular complexity index is 896. The van der Waals surface area contributed by atoms with Crippen molar-refractivity contribution >= 4 is 23.6 Å². The van der Waals surface area contributed by atoms with Crippen molar-refractivity contribution in [3.05, 3.63) is 59.5 Å². The normalized spacial score (nSPS) is 15.7. The Morgan fingerprint density at radius 3 is 2.48 bits per heavy atom. The minimum absolute atomic E-state index is 0.0496. The second-order valence-electron chi connectivity index (χ2n) is 8.38. The Morgan fingerprint density at radius 1 is 1.16 bits per heavy atom. The fourth-order valence-corrected chi connectivity index (χ4v) is 4.37. The van der Waals surface area contributed by atoms with E-state index in [0.29, 0.717) is 48.2 Å². The summed E-state index contributed by atoms with van der Waals surface area (Å²) in [5, 5.41) is 3.76. The molecule has 1 aliphatic rings. The summed E-state index contributed by atoms with van der Waals surface area (Å²) < 4.78 is 13.1. The number of thioether (sulfide) groups is 1. The number of hydrogen-bond donors (Lipinski definition) is 1. The lowest BCUT2D eigenvalue weighted by Crippen LogP contribution is -2.45. The van der Waals surface area contributed by atoms with E-state index in [4.69, 9.17) is 0 Å². The Morgan fingerprint density at radius 2 is 1.84 bits per heavy atom. The van der Waals surface area contributed by atoms with E-state index >= 15 is 0 Å². The summed E-state index contributed by atoms with van der Waals surface area (Å²) in [5.74, 6) is 0.717. The van der Waals surface area contributed by atoms with Crippen LogP contribution in [0, 0.1) is 17.7 Å². The highest BCUT2D eigenvalue weighted by atomic mass is 32.2. The first-order valence-electron chi connectivity index (χ1n) is 10.8. The zero-order valence-electron chi connectivity index (χ0n) is 18.3. The smallest absolute Gasteiger partial charge is 0.256 e. The second kappa shape index (κ2) is 10.8. The third-order valence-electron chi connectivity index (χ3n) is 5.81. The SMILES string of the molecule is CC(C)C(C)NC(=O)C1CCN(C(=O)c2cccnc2SCc2ccc(F)cc2)CC1. The number of rotatable bonds is 7. The zero-order valence-corrected chi connectivity index (χ0v) is 19.1. The molecule has 7 heteroatoms. The molecule has 1 unspecified atom stereocenters. The topological polar surface area (TPSA) is 62.3 Å². The van der Waals surface area contributed by atoms with Crippen molar-refractivity contribution in [2.75, 3.05) is 13.1 Å². The van der Waals surface area contributed by atoms with Gasteiger partial charge in [-0.25, -0.2) is 9.37 Å². The fraction of sp³-hybridized carbons (Fsp3) is 0.458. The van der Waals surface area contributed by atoms with E-state index in [0.717, 1.165) is 5.56 Å². The molecular weight excluding hydrogens is 413 g/mol. The molecule has 2 aromatic rings. The van der Waals surface area contributed by atoms with Crippen molar-refractivity contribution in [1.29, 1.82) is 0 Å². The maximum atomic E-state index is 13.1.